The third kappa shape index (κ3) is 4.16. The molecule has 2 amide bonds. The van der Waals surface area contributed by atoms with E-state index in [1.807, 2.05) is 31.2 Å². The van der Waals surface area contributed by atoms with E-state index in [1.165, 1.54) is 12.1 Å². The van der Waals surface area contributed by atoms with Crippen LogP contribution in [-0.2, 0) is 16.6 Å². The molecule has 0 radical (unpaired) electrons. The van der Waals surface area contributed by atoms with Crippen molar-refractivity contribution in [2.24, 2.45) is 5.14 Å². The largest absolute Gasteiger partial charge is 0.504 e. The molecule has 0 spiro atoms. The Kier molecular flexibility index (Phi) is 5.33. The zero-order chi connectivity index (χ0) is 17.9. The number of rotatable bonds is 4. The van der Waals surface area contributed by atoms with Crippen LogP contribution in [0.1, 0.15) is 11.1 Å². The fraction of sp³-hybridized carbons (Fsp3) is 0.133. The van der Waals surface area contributed by atoms with Crippen molar-refractivity contribution in [3.63, 3.8) is 0 Å². The standard InChI is InChI=1S/C15H16ClN3O4S/c1-9-4-2-3-5-10(9)8-18-15(21)19-12-7-6-11(16)14(13(12)20)24(17,22)23/h2-7,20H,8H2,1H3,(H2,17,22,23)(H2,18,19,21). The van der Waals surface area contributed by atoms with Crippen molar-refractivity contribution in [2.75, 3.05) is 5.32 Å². The van der Waals surface area contributed by atoms with Crippen LogP contribution in [-0.4, -0.2) is 19.6 Å². The SMILES string of the molecule is Cc1ccccc1CNC(=O)Nc1ccc(Cl)c(S(N)(=O)=O)c1O. The maximum Gasteiger partial charge on any atom is 0.319 e. The second kappa shape index (κ2) is 7.08. The zero-order valence-electron chi connectivity index (χ0n) is 12.7. The normalized spacial score (nSPS) is 11.1. The number of sulfonamides is 1. The van der Waals surface area contributed by atoms with Crippen LogP contribution in [0.2, 0.25) is 5.02 Å². The topological polar surface area (TPSA) is 122 Å². The van der Waals surface area contributed by atoms with E-state index in [-0.39, 0.29) is 17.3 Å². The van der Waals surface area contributed by atoms with Crippen molar-refractivity contribution < 1.29 is 18.3 Å². The Morgan fingerprint density at radius 1 is 1.25 bits per heavy atom. The van der Waals surface area contributed by atoms with Crippen molar-refractivity contribution >= 4 is 33.3 Å². The minimum atomic E-state index is -4.24. The predicted molar refractivity (Wildman–Crippen MR) is 91.5 cm³/mol. The number of phenolic OH excluding ortho intramolecular Hbond substituents is 1. The Labute approximate surface area is 144 Å². The molecule has 128 valence electrons. The molecule has 0 saturated heterocycles. The summed E-state index contributed by atoms with van der Waals surface area (Å²) in [5, 5.41) is 19.7. The third-order valence-electron chi connectivity index (χ3n) is 3.32. The summed E-state index contributed by atoms with van der Waals surface area (Å²) in [6.45, 7) is 2.19. The van der Waals surface area contributed by atoms with Gasteiger partial charge in [-0.15, -0.1) is 0 Å². The van der Waals surface area contributed by atoms with Crippen LogP contribution < -0.4 is 15.8 Å². The summed E-state index contributed by atoms with van der Waals surface area (Å²) in [7, 11) is -4.24. The molecule has 7 nitrogen and oxygen atoms in total. The Morgan fingerprint density at radius 3 is 2.54 bits per heavy atom. The van der Waals surface area contributed by atoms with Crippen LogP contribution in [0, 0.1) is 6.92 Å². The van der Waals surface area contributed by atoms with Crippen molar-refractivity contribution in [3.8, 4) is 5.75 Å². The first-order valence-corrected chi connectivity index (χ1v) is 8.76. The molecule has 0 fully saturated rings. The molecule has 0 aliphatic carbocycles. The maximum absolute atomic E-state index is 11.9. The molecule has 0 bridgehead atoms. The molecule has 2 aromatic rings. The monoisotopic (exact) mass is 369 g/mol. The van der Waals surface area contributed by atoms with E-state index in [2.05, 4.69) is 10.6 Å². The number of benzene rings is 2. The molecule has 0 aromatic heterocycles. The molecular weight excluding hydrogens is 354 g/mol. The summed E-state index contributed by atoms with van der Waals surface area (Å²) in [5.41, 5.74) is 1.83. The van der Waals surface area contributed by atoms with Crippen LogP contribution in [0.3, 0.4) is 0 Å². The highest BCUT2D eigenvalue weighted by Gasteiger charge is 2.22. The van der Waals surface area contributed by atoms with Gasteiger partial charge in [-0.25, -0.2) is 18.4 Å². The van der Waals surface area contributed by atoms with Gasteiger partial charge in [0.2, 0.25) is 10.0 Å². The average molecular weight is 370 g/mol. The van der Waals surface area contributed by atoms with Gasteiger partial charge in [0.25, 0.3) is 0 Å². The van der Waals surface area contributed by atoms with Crippen LogP contribution in [0.4, 0.5) is 10.5 Å². The highest BCUT2D eigenvalue weighted by atomic mass is 35.5. The summed E-state index contributed by atoms with van der Waals surface area (Å²) in [6, 6.07) is 9.41. The molecule has 2 aromatic carbocycles. The number of hydrogen-bond donors (Lipinski definition) is 4. The first-order chi connectivity index (χ1) is 11.2. The molecular formula is C15H16ClN3O4S. The third-order valence-corrected chi connectivity index (χ3v) is 4.73. The number of urea groups is 1. The summed E-state index contributed by atoms with van der Waals surface area (Å²) in [6.07, 6.45) is 0. The van der Waals surface area contributed by atoms with Crippen molar-refractivity contribution in [3.05, 3.63) is 52.5 Å². The number of nitrogens with two attached hydrogens (primary N) is 1. The quantitative estimate of drug-likeness (QED) is 0.618. The van der Waals surface area contributed by atoms with Gasteiger partial charge in [-0.2, -0.15) is 0 Å². The van der Waals surface area contributed by atoms with Gasteiger partial charge in [0.05, 0.1) is 10.7 Å². The van der Waals surface area contributed by atoms with E-state index < -0.39 is 26.7 Å². The van der Waals surface area contributed by atoms with Crippen LogP contribution in [0.5, 0.6) is 5.75 Å². The summed E-state index contributed by atoms with van der Waals surface area (Å²) < 4.78 is 22.9. The fourth-order valence-corrected chi connectivity index (χ4v) is 3.26. The Balaban J connectivity index is 2.14. The van der Waals surface area contributed by atoms with Gasteiger partial charge < -0.3 is 15.7 Å². The molecule has 0 saturated carbocycles. The number of aromatic hydroxyl groups is 1. The minimum Gasteiger partial charge on any atom is -0.504 e. The molecule has 0 heterocycles. The van der Waals surface area contributed by atoms with Crippen molar-refractivity contribution in [2.45, 2.75) is 18.4 Å². The van der Waals surface area contributed by atoms with Crippen LogP contribution in [0.25, 0.3) is 0 Å². The molecule has 9 heteroatoms. The smallest absolute Gasteiger partial charge is 0.319 e. The molecule has 2 rings (SSSR count). The molecule has 24 heavy (non-hydrogen) atoms. The lowest BCUT2D eigenvalue weighted by molar-refractivity contribution is 0.251. The van der Waals surface area contributed by atoms with E-state index in [0.717, 1.165) is 11.1 Å². The summed E-state index contributed by atoms with van der Waals surface area (Å²) in [5.74, 6) is -0.712. The molecule has 0 aliphatic rings. The zero-order valence-corrected chi connectivity index (χ0v) is 14.3. The average Bonchev–Trinajstić information content (AvgIpc) is 2.48. The van der Waals surface area contributed by atoms with Crippen molar-refractivity contribution in [1.29, 1.82) is 0 Å². The molecule has 0 atom stereocenters. The van der Waals surface area contributed by atoms with Gasteiger partial charge >= 0.3 is 6.03 Å². The van der Waals surface area contributed by atoms with Gasteiger partial charge in [0, 0.05) is 6.54 Å². The van der Waals surface area contributed by atoms with E-state index in [1.54, 1.807) is 0 Å². The van der Waals surface area contributed by atoms with E-state index >= 15 is 0 Å². The fourth-order valence-electron chi connectivity index (χ4n) is 2.07. The predicted octanol–water partition coefficient (Wildman–Crippen LogP) is 2.32. The van der Waals surface area contributed by atoms with Gasteiger partial charge in [-0.3, -0.25) is 0 Å². The number of primary sulfonamides is 1. The number of nitrogens with one attached hydrogen (secondary N) is 2. The molecule has 0 aliphatic heterocycles. The number of phenols is 1. The highest BCUT2D eigenvalue weighted by molar-refractivity contribution is 7.89. The lowest BCUT2D eigenvalue weighted by Gasteiger charge is -2.12. The van der Waals surface area contributed by atoms with E-state index in [4.69, 9.17) is 16.7 Å². The van der Waals surface area contributed by atoms with Crippen LogP contribution >= 0.6 is 11.6 Å². The van der Waals surface area contributed by atoms with E-state index in [0.29, 0.717) is 0 Å². The number of aryl methyl sites for hydroxylation is 1. The Morgan fingerprint density at radius 2 is 1.92 bits per heavy atom. The van der Waals surface area contributed by atoms with Crippen LogP contribution in [0.15, 0.2) is 41.3 Å². The second-order valence-corrected chi connectivity index (χ2v) is 6.96. The second-order valence-electron chi connectivity index (χ2n) is 5.05. The Bertz CT molecular complexity index is 884. The van der Waals surface area contributed by atoms with Gasteiger partial charge in [-0.1, -0.05) is 35.9 Å². The van der Waals surface area contributed by atoms with Gasteiger partial charge in [-0.05, 0) is 30.2 Å². The number of carbonyl (C=O) groups is 1. The van der Waals surface area contributed by atoms with Gasteiger partial charge in [0.15, 0.2) is 5.75 Å². The number of anilines is 1. The Hall–Kier alpha value is -2.29. The van der Waals surface area contributed by atoms with Crippen molar-refractivity contribution in [1.82, 2.24) is 5.32 Å². The minimum absolute atomic E-state index is 0.120. The highest BCUT2D eigenvalue weighted by Crippen LogP contribution is 2.35. The molecule has 0 unspecified atom stereocenters. The lowest BCUT2D eigenvalue weighted by atomic mass is 10.1. The first-order valence-electron chi connectivity index (χ1n) is 6.84. The van der Waals surface area contributed by atoms with E-state index in [9.17, 15) is 18.3 Å². The lowest BCUT2D eigenvalue weighted by Crippen LogP contribution is -2.28. The number of halogens is 1. The van der Waals surface area contributed by atoms with Gasteiger partial charge in [0.1, 0.15) is 4.90 Å². The number of amides is 2. The summed E-state index contributed by atoms with van der Waals surface area (Å²) in [4.78, 5) is 11.3. The summed E-state index contributed by atoms with van der Waals surface area (Å²) >= 11 is 5.73. The molecule has 5 N–H and O–H groups in total. The number of hydrogen-bond acceptors (Lipinski definition) is 4. The number of carbonyl (C=O) groups excluding carboxylic acids is 1. The maximum atomic E-state index is 11.9. The first kappa shape index (κ1) is 18.1.